The van der Waals surface area contributed by atoms with Crippen molar-refractivity contribution in [3.63, 3.8) is 0 Å². The van der Waals surface area contributed by atoms with Gasteiger partial charge in [-0.25, -0.2) is 13.8 Å². The van der Waals surface area contributed by atoms with Gasteiger partial charge in [0.2, 0.25) is 0 Å². The first-order valence-corrected chi connectivity index (χ1v) is 11.2. The van der Waals surface area contributed by atoms with Crippen LogP contribution in [0.15, 0.2) is 90.2 Å². The molecule has 174 valence electrons. The van der Waals surface area contributed by atoms with Crippen LogP contribution >= 0.6 is 0 Å². The van der Waals surface area contributed by atoms with Crippen LogP contribution in [-0.2, 0) is 13.0 Å². The zero-order chi connectivity index (χ0) is 24.4. The molecule has 0 atom stereocenters. The van der Waals surface area contributed by atoms with Crippen molar-refractivity contribution < 1.29 is 13.6 Å². The molecule has 0 bridgehead atoms. The number of carbonyl (C=O) groups is 1. The highest BCUT2D eigenvalue weighted by atomic mass is 19.1. The van der Waals surface area contributed by atoms with Gasteiger partial charge in [-0.1, -0.05) is 36.4 Å². The first-order chi connectivity index (χ1) is 17.0. The average molecular weight is 469 g/mol. The molecule has 1 N–H and O–H groups in total. The molecule has 3 aromatic carbocycles. The maximum Gasteiger partial charge on any atom is 0.261 e. The number of benzene rings is 3. The van der Waals surface area contributed by atoms with E-state index in [0.717, 1.165) is 16.7 Å². The maximum atomic E-state index is 13.8. The molecule has 35 heavy (non-hydrogen) atoms. The summed E-state index contributed by atoms with van der Waals surface area (Å²) in [6.07, 6.45) is 5.19. The standard InChI is InChI=1S/C28H21F2N3O2/c29-24-2-1-3-25(30)22(24)9-11-27(34)19-6-4-18(5-7-19)16-33-17-32-26-10-8-20(14-23(26)28(33)35)21-12-13-31-15-21/h1-8,10,12-15,17,31H,9,11,16H2. The van der Waals surface area contributed by atoms with Crippen LogP contribution in [0.5, 0.6) is 0 Å². The van der Waals surface area contributed by atoms with Crippen molar-refractivity contribution in [3.05, 3.63) is 124 Å². The van der Waals surface area contributed by atoms with Gasteiger partial charge in [0.15, 0.2) is 5.78 Å². The molecule has 0 amide bonds. The molecule has 0 aliphatic rings. The molecule has 0 aliphatic carbocycles. The highest BCUT2D eigenvalue weighted by molar-refractivity contribution is 5.96. The summed E-state index contributed by atoms with van der Waals surface area (Å²) in [7, 11) is 0. The number of Topliss-reactive ketones (excluding diaryl/α,β-unsaturated/α-hetero) is 1. The van der Waals surface area contributed by atoms with E-state index >= 15 is 0 Å². The van der Waals surface area contributed by atoms with Crippen molar-refractivity contribution in [1.82, 2.24) is 14.5 Å². The number of rotatable bonds is 7. The van der Waals surface area contributed by atoms with Crippen molar-refractivity contribution in [1.29, 1.82) is 0 Å². The van der Waals surface area contributed by atoms with Crippen LogP contribution in [-0.4, -0.2) is 20.3 Å². The fourth-order valence-electron chi connectivity index (χ4n) is 4.10. The van der Waals surface area contributed by atoms with Crippen LogP contribution in [0.2, 0.25) is 0 Å². The van der Waals surface area contributed by atoms with Crippen LogP contribution in [0, 0.1) is 11.6 Å². The van der Waals surface area contributed by atoms with E-state index in [9.17, 15) is 18.4 Å². The van der Waals surface area contributed by atoms with Crippen molar-refractivity contribution >= 4 is 16.7 Å². The molecule has 0 spiro atoms. The minimum absolute atomic E-state index is 0.00523. The highest BCUT2D eigenvalue weighted by Gasteiger charge is 2.13. The van der Waals surface area contributed by atoms with Gasteiger partial charge in [0.1, 0.15) is 11.6 Å². The van der Waals surface area contributed by atoms with Gasteiger partial charge in [0, 0.05) is 29.9 Å². The lowest BCUT2D eigenvalue weighted by molar-refractivity contribution is 0.0982. The predicted molar refractivity (Wildman–Crippen MR) is 130 cm³/mol. The number of ketones is 1. The summed E-state index contributed by atoms with van der Waals surface area (Å²) in [5.74, 6) is -1.51. The molecular weight excluding hydrogens is 448 g/mol. The topological polar surface area (TPSA) is 67.8 Å². The molecule has 0 radical (unpaired) electrons. The van der Waals surface area contributed by atoms with E-state index in [-0.39, 0.29) is 29.7 Å². The Morgan fingerprint density at radius 3 is 2.43 bits per heavy atom. The lowest BCUT2D eigenvalue weighted by Crippen LogP contribution is -2.21. The quantitative estimate of drug-likeness (QED) is 0.319. The fraction of sp³-hybridized carbons (Fsp3) is 0.107. The Labute approximate surface area is 199 Å². The fourth-order valence-corrected chi connectivity index (χ4v) is 4.10. The van der Waals surface area contributed by atoms with E-state index in [4.69, 9.17) is 0 Å². The largest absolute Gasteiger partial charge is 0.367 e. The maximum absolute atomic E-state index is 13.8. The van der Waals surface area contributed by atoms with Gasteiger partial charge < -0.3 is 4.98 Å². The van der Waals surface area contributed by atoms with Gasteiger partial charge in [-0.05, 0) is 53.4 Å². The minimum Gasteiger partial charge on any atom is -0.367 e. The van der Waals surface area contributed by atoms with Gasteiger partial charge >= 0.3 is 0 Å². The van der Waals surface area contributed by atoms with Gasteiger partial charge in [-0.2, -0.15) is 0 Å². The van der Waals surface area contributed by atoms with Gasteiger partial charge in [-0.3, -0.25) is 14.2 Å². The van der Waals surface area contributed by atoms with Crippen molar-refractivity contribution in [2.24, 2.45) is 0 Å². The number of nitrogens with one attached hydrogen (secondary N) is 1. The molecule has 7 heteroatoms. The molecule has 0 aliphatic heterocycles. The summed E-state index contributed by atoms with van der Waals surface area (Å²) < 4.78 is 29.1. The Balaban J connectivity index is 1.31. The van der Waals surface area contributed by atoms with E-state index in [1.807, 2.05) is 36.7 Å². The molecule has 0 saturated heterocycles. The first kappa shape index (κ1) is 22.4. The average Bonchev–Trinajstić information content (AvgIpc) is 3.41. The Morgan fingerprint density at radius 2 is 1.71 bits per heavy atom. The third-order valence-electron chi connectivity index (χ3n) is 6.05. The van der Waals surface area contributed by atoms with Gasteiger partial charge in [0.05, 0.1) is 23.8 Å². The molecule has 5 nitrogen and oxygen atoms in total. The molecule has 0 saturated carbocycles. The summed E-state index contributed by atoms with van der Waals surface area (Å²) in [6, 6.07) is 18.1. The normalized spacial score (nSPS) is 11.1. The molecule has 0 unspecified atom stereocenters. The summed E-state index contributed by atoms with van der Waals surface area (Å²) in [4.78, 5) is 33.1. The number of H-pyrrole nitrogens is 1. The molecular formula is C28H21F2N3O2. The van der Waals surface area contributed by atoms with E-state index in [1.54, 1.807) is 24.3 Å². The van der Waals surface area contributed by atoms with Crippen LogP contribution < -0.4 is 5.56 Å². The van der Waals surface area contributed by atoms with Gasteiger partial charge in [0.25, 0.3) is 5.56 Å². The lowest BCUT2D eigenvalue weighted by Gasteiger charge is -2.09. The third kappa shape index (κ3) is 4.66. The van der Waals surface area contributed by atoms with E-state index in [2.05, 4.69) is 9.97 Å². The summed E-state index contributed by atoms with van der Waals surface area (Å²) in [6.45, 7) is 0.297. The molecule has 2 heterocycles. The second-order valence-corrected chi connectivity index (χ2v) is 8.33. The lowest BCUT2D eigenvalue weighted by atomic mass is 10.0. The van der Waals surface area contributed by atoms with Crippen LogP contribution in [0.3, 0.4) is 0 Å². The number of carbonyl (C=O) groups excluding carboxylic acids is 1. The zero-order valence-electron chi connectivity index (χ0n) is 18.7. The number of aromatic amines is 1. The Morgan fingerprint density at radius 1 is 0.943 bits per heavy atom. The second-order valence-electron chi connectivity index (χ2n) is 8.33. The number of fused-ring (bicyclic) bond motifs is 1. The van der Waals surface area contributed by atoms with E-state index < -0.39 is 11.6 Å². The summed E-state index contributed by atoms with van der Waals surface area (Å²) in [5, 5.41) is 0.526. The summed E-state index contributed by atoms with van der Waals surface area (Å²) in [5.41, 5.74) is 3.57. The number of halogens is 2. The number of nitrogens with zero attached hydrogens (tertiary/aromatic N) is 2. The Hall–Kier alpha value is -4.39. The van der Waals surface area contributed by atoms with Crippen LogP contribution in [0.4, 0.5) is 8.78 Å². The second kappa shape index (κ2) is 9.46. The predicted octanol–water partition coefficient (Wildman–Crippen LogP) is 5.53. The van der Waals surface area contributed by atoms with Crippen molar-refractivity contribution in [3.8, 4) is 11.1 Å². The SMILES string of the molecule is O=C(CCc1c(F)cccc1F)c1ccc(Cn2cnc3ccc(-c4cc[nH]c4)cc3c2=O)cc1. The molecule has 2 aromatic heterocycles. The summed E-state index contributed by atoms with van der Waals surface area (Å²) >= 11 is 0. The number of hydrogen-bond acceptors (Lipinski definition) is 3. The van der Waals surface area contributed by atoms with E-state index in [0.29, 0.717) is 23.0 Å². The third-order valence-corrected chi connectivity index (χ3v) is 6.05. The van der Waals surface area contributed by atoms with E-state index in [1.165, 1.54) is 29.1 Å². The smallest absolute Gasteiger partial charge is 0.261 e. The Kier molecular flexibility index (Phi) is 6.06. The first-order valence-electron chi connectivity index (χ1n) is 11.2. The zero-order valence-corrected chi connectivity index (χ0v) is 18.7. The monoisotopic (exact) mass is 469 g/mol. The molecule has 5 rings (SSSR count). The van der Waals surface area contributed by atoms with Gasteiger partial charge in [-0.15, -0.1) is 0 Å². The minimum atomic E-state index is -0.650. The Bertz CT molecular complexity index is 1550. The molecule has 0 fully saturated rings. The van der Waals surface area contributed by atoms with Crippen LogP contribution in [0.1, 0.15) is 27.9 Å². The van der Waals surface area contributed by atoms with Crippen molar-refractivity contribution in [2.45, 2.75) is 19.4 Å². The number of hydrogen-bond donors (Lipinski definition) is 1. The number of aromatic nitrogens is 3. The van der Waals surface area contributed by atoms with Crippen LogP contribution in [0.25, 0.3) is 22.0 Å². The highest BCUT2D eigenvalue weighted by Crippen LogP contribution is 2.22. The van der Waals surface area contributed by atoms with Crippen molar-refractivity contribution in [2.75, 3.05) is 0 Å². The molecule has 5 aromatic rings.